The second kappa shape index (κ2) is 5.13. The topological polar surface area (TPSA) is 102 Å². The Bertz CT molecular complexity index is 518. The minimum atomic E-state index is -0.496. The summed E-state index contributed by atoms with van der Waals surface area (Å²) in [4.78, 5) is 24.2. The van der Waals surface area contributed by atoms with E-state index in [1.54, 1.807) is 24.1 Å². The van der Waals surface area contributed by atoms with Crippen molar-refractivity contribution in [3.8, 4) is 0 Å². The van der Waals surface area contributed by atoms with Crippen molar-refractivity contribution >= 4 is 23.0 Å². The molecule has 19 heavy (non-hydrogen) atoms. The predicted octanol–water partition coefficient (Wildman–Crippen LogP) is 0.892. The number of carbonyl (C=O) groups is 1. The molecule has 3 N–H and O–H groups in total. The number of hydrogen-bond acceptors (Lipinski definition) is 5. The number of nitrogens with two attached hydrogens (primary N) is 1. The molecule has 0 bridgehead atoms. The van der Waals surface area contributed by atoms with Crippen molar-refractivity contribution in [2.24, 2.45) is 0 Å². The smallest absolute Gasteiger partial charge is 0.315 e. The molecule has 1 aromatic rings. The van der Waals surface area contributed by atoms with Gasteiger partial charge in [-0.15, -0.1) is 0 Å². The van der Waals surface area contributed by atoms with E-state index >= 15 is 0 Å². The Balaban J connectivity index is 2.44. The first kappa shape index (κ1) is 13.1. The largest absolute Gasteiger partial charge is 0.393 e. The molecule has 0 saturated carbocycles. The number of benzene rings is 1. The lowest BCUT2D eigenvalue weighted by atomic mass is 10.1. The molecule has 1 atom stereocenters. The van der Waals surface area contributed by atoms with E-state index in [1.807, 2.05) is 0 Å². The molecule has 1 unspecified atom stereocenters. The molecular weight excluding hydrogens is 248 g/mol. The second-order valence-electron chi connectivity index (χ2n) is 4.44. The van der Waals surface area contributed by atoms with Gasteiger partial charge in [0.05, 0.1) is 4.92 Å². The summed E-state index contributed by atoms with van der Waals surface area (Å²) in [7, 11) is 1.56. The van der Waals surface area contributed by atoms with E-state index in [9.17, 15) is 14.9 Å². The summed E-state index contributed by atoms with van der Waals surface area (Å²) in [5, 5.41) is 13.7. The third-order valence-electron chi connectivity index (χ3n) is 3.34. The fourth-order valence-electron chi connectivity index (χ4n) is 2.47. The van der Waals surface area contributed by atoms with Crippen LogP contribution in [0.2, 0.25) is 0 Å². The fourth-order valence-corrected chi connectivity index (χ4v) is 2.47. The number of para-hydroxylation sites is 1. The quantitative estimate of drug-likeness (QED) is 0.479. The highest BCUT2D eigenvalue weighted by Gasteiger charge is 2.34. The molecule has 1 aliphatic rings. The second-order valence-corrected chi connectivity index (χ2v) is 4.44. The Morgan fingerprint density at radius 2 is 2.32 bits per heavy atom. The summed E-state index contributed by atoms with van der Waals surface area (Å²) in [5.41, 5.74) is 6.08. The molecule has 1 aliphatic heterocycles. The van der Waals surface area contributed by atoms with Crippen molar-refractivity contribution in [3.63, 3.8) is 0 Å². The third kappa shape index (κ3) is 2.31. The van der Waals surface area contributed by atoms with Crippen LogP contribution in [0.3, 0.4) is 0 Å². The minimum Gasteiger partial charge on any atom is -0.393 e. The van der Waals surface area contributed by atoms with Gasteiger partial charge in [-0.05, 0) is 25.0 Å². The van der Waals surface area contributed by atoms with Gasteiger partial charge in [0, 0.05) is 13.6 Å². The average molecular weight is 264 g/mol. The molecule has 0 spiro atoms. The normalized spacial score (nSPS) is 18.4. The zero-order valence-electron chi connectivity index (χ0n) is 10.6. The van der Waals surface area contributed by atoms with Gasteiger partial charge in [0.15, 0.2) is 0 Å². The molecule has 7 heteroatoms. The van der Waals surface area contributed by atoms with E-state index in [1.165, 1.54) is 6.07 Å². The first-order valence-electron chi connectivity index (χ1n) is 6.07. The zero-order chi connectivity index (χ0) is 14.0. The van der Waals surface area contributed by atoms with Crippen molar-refractivity contribution in [2.45, 2.75) is 18.9 Å². The van der Waals surface area contributed by atoms with Crippen LogP contribution in [-0.4, -0.2) is 30.5 Å². The van der Waals surface area contributed by atoms with Crippen LogP contribution in [-0.2, 0) is 4.79 Å². The van der Waals surface area contributed by atoms with Gasteiger partial charge >= 0.3 is 5.69 Å². The molecule has 1 amide bonds. The van der Waals surface area contributed by atoms with Crippen LogP contribution in [0, 0.1) is 10.1 Å². The summed E-state index contributed by atoms with van der Waals surface area (Å²) >= 11 is 0. The number of nitrogen functional groups attached to an aromatic ring is 1. The Morgan fingerprint density at radius 3 is 2.95 bits per heavy atom. The van der Waals surface area contributed by atoms with E-state index < -0.39 is 4.92 Å². The number of nitro benzene ring substituents is 1. The maximum absolute atomic E-state index is 11.8. The Morgan fingerprint density at radius 1 is 1.58 bits per heavy atom. The van der Waals surface area contributed by atoms with Gasteiger partial charge in [0.25, 0.3) is 0 Å². The first-order valence-corrected chi connectivity index (χ1v) is 6.07. The van der Waals surface area contributed by atoms with Crippen LogP contribution < -0.4 is 16.0 Å². The molecule has 1 aromatic carbocycles. The summed E-state index contributed by atoms with van der Waals surface area (Å²) in [6, 6.07) is 4.42. The molecule has 102 valence electrons. The lowest BCUT2D eigenvalue weighted by Crippen LogP contribution is -2.42. The van der Waals surface area contributed by atoms with Crippen molar-refractivity contribution in [1.29, 1.82) is 0 Å². The molecule has 1 fully saturated rings. The third-order valence-corrected chi connectivity index (χ3v) is 3.34. The molecule has 0 radical (unpaired) electrons. The number of hydrogen-bond donors (Lipinski definition) is 2. The fraction of sp³-hybridized carbons (Fsp3) is 0.417. The maximum Gasteiger partial charge on any atom is 0.315 e. The van der Waals surface area contributed by atoms with Crippen molar-refractivity contribution in [1.82, 2.24) is 5.32 Å². The molecule has 1 heterocycles. The van der Waals surface area contributed by atoms with E-state index in [0.29, 0.717) is 18.7 Å². The van der Waals surface area contributed by atoms with E-state index in [-0.39, 0.29) is 23.3 Å². The van der Waals surface area contributed by atoms with Gasteiger partial charge < -0.3 is 16.0 Å². The highest BCUT2D eigenvalue weighted by molar-refractivity contribution is 5.88. The summed E-state index contributed by atoms with van der Waals surface area (Å²) in [6.07, 6.45) is 1.51. The first-order chi connectivity index (χ1) is 9.06. The van der Waals surface area contributed by atoms with Gasteiger partial charge in [0.2, 0.25) is 5.91 Å². The van der Waals surface area contributed by atoms with Crippen LogP contribution in [0.15, 0.2) is 18.2 Å². The van der Waals surface area contributed by atoms with Crippen molar-refractivity contribution in [3.05, 3.63) is 28.3 Å². The number of amides is 1. The Labute approximate surface area is 110 Å². The van der Waals surface area contributed by atoms with Gasteiger partial charge in [0.1, 0.15) is 17.4 Å². The predicted molar refractivity (Wildman–Crippen MR) is 71.9 cm³/mol. The number of rotatable bonds is 3. The van der Waals surface area contributed by atoms with Gasteiger partial charge in [-0.1, -0.05) is 6.07 Å². The molecule has 0 aromatic heterocycles. The van der Waals surface area contributed by atoms with Crippen LogP contribution in [0.25, 0.3) is 0 Å². The Hall–Kier alpha value is -2.31. The summed E-state index contributed by atoms with van der Waals surface area (Å²) in [6.45, 7) is 0.613. The van der Waals surface area contributed by atoms with E-state index in [4.69, 9.17) is 5.73 Å². The van der Waals surface area contributed by atoms with Crippen LogP contribution >= 0.6 is 0 Å². The zero-order valence-corrected chi connectivity index (χ0v) is 10.6. The van der Waals surface area contributed by atoms with E-state index in [0.717, 1.165) is 6.42 Å². The highest BCUT2D eigenvalue weighted by Crippen LogP contribution is 2.37. The number of anilines is 2. The standard InChI is InChI=1S/C12H16N4O3/c1-14-12(17)10-6-3-7-15(10)9-5-2-4-8(13)11(9)16(18)19/h2,4-5,10H,3,6-7,13H2,1H3,(H,14,17). The number of nitrogens with one attached hydrogen (secondary N) is 1. The van der Waals surface area contributed by atoms with Crippen molar-refractivity contribution < 1.29 is 9.72 Å². The maximum atomic E-state index is 11.8. The van der Waals surface area contributed by atoms with Crippen LogP contribution in [0.4, 0.5) is 17.1 Å². The van der Waals surface area contributed by atoms with E-state index in [2.05, 4.69) is 5.32 Å². The molecular formula is C12H16N4O3. The highest BCUT2D eigenvalue weighted by atomic mass is 16.6. The monoisotopic (exact) mass is 264 g/mol. The lowest BCUT2D eigenvalue weighted by Gasteiger charge is -2.25. The number of likely N-dealkylation sites (N-methyl/N-ethyl adjacent to an activating group) is 1. The van der Waals surface area contributed by atoms with Gasteiger partial charge in [-0.25, -0.2) is 0 Å². The number of carbonyl (C=O) groups excluding carboxylic acids is 1. The van der Waals surface area contributed by atoms with Gasteiger partial charge in [-0.2, -0.15) is 0 Å². The lowest BCUT2D eigenvalue weighted by molar-refractivity contribution is -0.383. The van der Waals surface area contributed by atoms with Crippen molar-refractivity contribution in [2.75, 3.05) is 24.2 Å². The Kier molecular flexibility index (Phi) is 3.55. The number of nitrogens with zero attached hydrogens (tertiary/aromatic N) is 2. The minimum absolute atomic E-state index is 0.116. The average Bonchev–Trinajstić information content (AvgIpc) is 2.86. The molecule has 1 saturated heterocycles. The van der Waals surface area contributed by atoms with Gasteiger partial charge in [-0.3, -0.25) is 14.9 Å². The summed E-state index contributed by atoms with van der Waals surface area (Å²) < 4.78 is 0. The molecule has 2 rings (SSSR count). The molecule has 0 aliphatic carbocycles. The SMILES string of the molecule is CNC(=O)C1CCCN1c1cccc(N)c1[N+](=O)[O-]. The summed E-state index contributed by atoms with van der Waals surface area (Å²) in [5.74, 6) is -0.130. The number of nitro groups is 1. The molecule has 7 nitrogen and oxygen atoms in total. The van der Waals surface area contributed by atoms with Crippen LogP contribution in [0.1, 0.15) is 12.8 Å². The van der Waals surface area contributed by atoms with Crippen LogP contribution in [0.5, 0.6) is 0 Å².